The lowest BCUT2D eigenvalue weighted by Crippen LogP contribution is -2.12. The van der Waals surface area contributed by atoms with Gasteiger partial charge in [-0.25, -0.2) is 4.39 Å². The number of halogens is 3. The first-order valence-corrected chi connectivity index (χ1v) is 6.85. The van der Waals surface area contributed by atoms with Crippen LogP contribution < -0.4 is 0 Å². The average Bonchev–Trinajstić information content (AvgIpc) is 2.77. The maximum Gasteiger partial charge on any atom is 0.214 e. The highest BCUT2D eigenvalue weighted by molar-refractivity contribution is 9.10. The van der Waals surface area contributed by atoms with Gasteiger partial charge in [0.15, 0.2) is 5.82 Å². The van der Waals surface area contributed by atoms with E-state index in [1.54, 1.807) is 23.7 Å². The molecule has 0 saturated heterocycles. The second-order valence-electron chi connectivity index (χ2n) is 4.04. The van der Waals surface area contributed by atoms with E-state index in [9.17, 15) is 9.18 Å². The van der Waals surface area contributed by atoms with Crippen molar-refractivity contribution in [2.75, 3.05) is 0 Å². The van der Waals surface area contributed by atoms with Crippen LogP contribution in [0.15, 0.2) is 22.7 Å². The van der Waals surface area contributed by atoms with Crippen LogP contribution >= 0.6 is 27.5 Å². The Kier molecular flexibility index (Phi) is 4.06. The van der Waals surface area contributed by atoms with E-state index in [4.69, 9.17) is 11.6 Å². The van der Waals surface area contributed by atoms with Gasteiger partial charge in [0.05, 0.1) is 16.3 Å². The number of aryl methyl sites for hydroxylation is 2. The zero-order valence-electron chi connectivity index (χ0n) is 10.4. The molecule has 3 nitrogen and oxygen atoms in total. The molecule has 2 aromatic rings. The van der Waals surface area contributed by atoms with Gasteiger partial charge in [0.2, 0.25) is 5.78 Å². The third-order valence-corrected chi connectivity index (χ3v) is 3.97. The Morgan fingerprint density at radius 3 is 2.84 bits per heavy atom. The van der Waals surface area contributed by atoms with Crippen molar-refractivity contribution in [2.24, 2.45) is 0 Å². The number of hydrogen-bond acceptors (Lipinski definition) is 2. The fraction of sp³-hybridized carbons (Fsp3) is 0.231. The Morgan fingerprint density at radius 2 is 2.21 bits per heavy atom. The lowest BCUT2D eigenvalue weighted by atomic mass is 10.1. The monoisotopic (exact) mass is 344 g/mol. The summed E-state index contributed by atoms with van der Waals surface area (Å²) < 4.78 is 16.0. The normalized spacial score (nSPS) is 10.8. The molecule has 0 aliphatic carbocycles. The molecule has 0 amide bonds. The highest BCUT2D eigenvalue weighted by Gasteiger charge is 2.21. The molecule has 0 aliphatic rings. The van der Waals surface area contributed by atoms with E-state index < -0.39 is 11.6 Å². The molecular formula is C13H11BrClFN2O. The molecule has 6 heteroatoms. The van der Waals surface area contributed by atoms with Gasteiger partial charge in [0, 0.05) is 11.0 Å². The summed E-state index contributed by atoms with van der Waals surface area (Å²) in [5.41, 5.74) is 1.02. The first-order valence-electron chi connectivity index (χ1n) is 5.68. The van der Waals surface area contributed by atoms with Crippen LogP contribution in [0.25, 0.3) is 0 Å². The lowest BCUT2D eigenvalue weighted by Gasteiger charge is -2.06. The van der Waals surface area contributed by atoms with Crippen molar-refractivity contribution in [1.29, 1.82) is 0 Å². The third-order valence-electron chi connectivity index (χ3n) is 2.71. The van der Waals surface area contributed by atoms with Gasteiger partial charge in [-0.3, -0.25) is 9.48 Å². The smallest absolute Gasteiger partial charge is 0.214 e. The van der Waals surface area contributed by atoms with Crippen LogP contribution in [0.1, 0.15) is 28.7 Å². The van der Waals surface area contributed by atoms with E-state index in [2.05, 4.69) is 21.0 Å². The van der Waals surface area contributed by atoms with Gasteiger partial charge in [0.1, 0.15) is 5.69 Å². The van der Waals surface area contributed by atoms with Gasteiger partial charge in [0.25, 0.3) is 0 Å². The summed E-state index contributed by atoms with van der Waals surface area (Å²) in [7, 11) is 0. The maximum atomic E-state index is 14.0. The van der Waals surface area contributed by atoms with Crippen LogP contribution in [0, 0.1) is 12.7 Å². The van der Waals surface area contributed by atoms with Crippen LogP contribution in [0.5, 0.6) is 0 Å². The van der Waals surface area contributed by atoms with Gasteiger partial charge in [-0.15, -0.1) is 0 Å². The van der Waals surface area contributed by atoms with Crippen molar-refractivity contribution >= 4 is 33.3 Å². The molecular weight excluding hydrogens is 335 g/mol. The van der Waals surface area contributed by atoms with Gasteiger partial charge in [-0.1, -0.05) is 11.6 Å². The number of carbonyl (C=O) groups excluding carboxylic acids is 1. The molecule has 19 heavy (non-hydrogen) atoms. The minimum Gasteiger partial charge on any atom is -0.287 e. The topological polar surface area (TPSA) is 34.9 Å². The summed E-state index contributed by atoms with van der Waals surface area (Å²) in [6, 6.07) is 4.61. The fourth-order valence-corrected chi connectivity index (χ4v) is 2.28. The Balaban J connectivity index is 2.53. The Hall–Kier alpha value is -1.20. The molecule has 1 aromatic heterocycles. The van der Waals surface area contributed by atoms with Crippen molar-refractivity contribution in [3.05, 3.63) is 50.5 Å². The van der Waals surface area contributed by atoms with Gasteiger partial charge in [-0.05, 0) is 48.0 Å². The second kappa shape index (κ2) is 5.43. The quantitative estimate of drug-likeness (QED) is 0.622. The minimum atomic E-state index is -0.720. The predicted molar refractivity (Wildman–Crippen MR) is 75.2 cm³/mol. The van der Waals surface area contributed by atoms with Crippen LogP contribution in [0.3, 0.4) is 0 Å². The summed E-state index contributed by atoms with van der Waals surface area (Å²) in [5.74, 6) is -1.14. The average molecular weight is 346 g/mol. The van der Waals surface area contributed by atoms with Crippen LogP contribution in [-0.4, -0.2) is 15.6 Å². The van der Waals surface area contributed by atoms with Crippen LogP contribution in [0.4, 0.5) is 4.39 Å². The molecule has 0 aliphatic heterocycles. The highest BCUT2D eigenvalue weighted by atomic mass is 79.9. The van der Waals surface area contributed by atoms with E-state index in [1.807, 2.05) is 6.92 Å². The van der Waals surface area contributed by atoms with Crippen molar-refractivity contribution < 1.29 is 9.18 Å². The van der Waals surface area contributed by atoms with Crippen LogP contribution in [-0.2, 0) is 6.54 Å². The molecule has 1 aromatic carbocycles. The zero-order valence-corrected chi connectivity index (χ0v) is 12.7. The van der Waals surface area contributed by atoms with Gasteiger partial charge in [-0.2, -0.15) is 5.10 Å². The van der Waals surface area contributed by atoms with E-state index in [0.717, 1.165) is 0 Å². The zero-order chi connectivity index (χ0) is 14.2. The lowest BCUT2D eigenvalue weighted by molar-refractivity contribution is 0.102. The molecule has 0 radical (unpaired) electrons. The van der Waals surface area contributed by atoms with Crippen molar-refractivity contribution in [3.63, 3.8) is 0 Å². The van der Waals surface area contributed by atoms with Crippen molar-refractivity contribution in [3.8, 4) is 0 Å². The molecule has 0 spiro atoms. The molecule has 2 rings (SSSR count). The number of benzene rings is 1. The number of aromatic nitrogens is 2. The SMILES string of the molecule is CCn1nc(C)cc1C(=O)c1ccc(Br)c(Cl)c1F. The summed E-state index contributed by atoms with van der Waals surface area (Å²) in [4.78, 5) is 12.3. The fourth-order valence-electron chi connectivity index (χ4n) is 1.81. The molecule has 1 heterocycles. The van der Waals surface area contributed by atoms with E-state index >= 15 is 0 Å². The molecule has 0 bridgehead atoms. The Bertz CT molecular complexity index is 654. The molecule has 0 unspecified atom stereocenters. The highest BCUT2D eigenvalue weighted by Crippen LogP contribution is 2.28. The van der Waals surface area contributed by atoms with E-state index in [-0.39, 0.29) is 10.6 Å². The van der Waals surface area contributed by atoms with E-state index in [1.165, 1.54) is 6.07 Å². The first kappa shape index (κ1) is 14.2. The molecule has 100 valence electrons. The Morgan fingerprint density at radius 1 is 1.53 bits per heavy atom. The van der Waals surface area contributed by atoms with Crippen molar-refractivity contribution in [1.82, 2.24) is 9.78 Å². The number of hydrogen-bond donors (Lipinski definition) is 0. The molecule has 0 saturated carbocycles. The Labute approximate surface area is 123 Å². The van der Waals surface area contributed by atoms with Crippen molar-refractivity contribution in [2.45, 2.75) is 20.4 Å². The standard InChI is InChI=1S/C13H11BrClFN2O/c1-3-18-10(6-7(2)17-18)13(19)8-4-5-9(14)11(15)12(8)16/h4-6H,3H2,1-2H3. The molecule has 0 N–H and O–H groups in total. The largest absolute Gasteiger partial charge is 0.287 e. The number of carbonyl (C=O) groups is 1. The van der Waals surface area contributed by atoms with Gasteiger partial charge >= 0.3 is 0 Å². The summed E-state index contributed by atoms with van der Waals surface area (Å²) in [6.45, 7) is 4.20. The van der Waals surface area contributed by atoms with Gasteiger partial charge < -0.3 is 0 Å². The minimum absolute atomic E-state index is 0.0530. The predicted octanol–water partition coefficient (Wildman–Crippen LogP) is 4.00. The van der Waals surface area contributed by atoms with Crippen LogP contribution in [0.2, 0.25) is 5.02 Å². The number of nitrogens with zero attached hydrogens (tertiary/aromatic N) is 2. The summed E-state index contributed by atoms with van der Waals surface area (Å²) >= 11 is 8.91. The van der Waals surface area contributed by atoms with E-state index in [0.29, 0.717) is 22.4 Å². The first-order chi connectivity index (χ1) is 8.95. The summed E-state index contributed by atoms with van der Waals surface area (Å²) in [6.07, 6.45) is 0. The molecule has 0 fully saturated rings. The number of rotatable bonds is 3. The molecule has 0 atom stereocenters. The number of ketones is 1. The third kappa shape index (κ3) is 2.58. The summed E-state index contributed by atoms with van der Waals surface area (Å²) in [5, 5.41) is 4.08. The second-order valence-corrected chi connectivity index (χ2v) is 5.27. The maximum absolute atomic E-state index is 14.0.